The Labute approximate surface area is 163 Å². The molecule has 0 saturated carbocycles. The van der Waals surface area contributed by atoms with Crippen molar-refractivity contribution in [2.45, 2.75) is 31.8 Å². The van der Waals surface area contributed by atoms with E-state index in [1.54, 1.807) is 18.2 Å². The van der Waals surface area contributed by atoms with Gasteiger partial charge in [-0.05, 0) is 50.6 Å². The maximum Gasteiger partial charge on any atom is 0.276 e. The Kier molecular flexibility index (Phi) is 6.94. The van der Waals surface area contributed by atoms with Gasteiger partial charge in [0, 0.05) is 12.1 Å². The Morgan fingerprint density at radius 3 is 2.61 bits per heavy atom. The third-order valence-corrected chi connectivity index (χ3v) is 4.58. The van der Waals surface area contributed by atoms with Crippen LogP contribution in [0.3, 0.4) is 0 Å². The molecule has 150 valence electrons. The summed E-state index contributed by atoms with van der Waals surface area (Å²) in [5.41, 5.74) is 0.259. The van der Waals surface area contributed by atoms with Crippen molar-refractivity contribution in [2.24, 2.45) is 5.10 Å². The van der Waals surface area contributed by atoms with Crippen LogP contribution >= 0.6 is 0 Å². The number of nitrogens with one attached hydrogen (secondary N) is 1. The highest BCUT2D eigenvalue weighted by atomic mass is 32.2. The fourth-order valence-corrected chi connectivity index (χ4v) is 3.04. The van der Waals surface area contributed by atoms with Crippen LogP contribution in [0.5, 0.6) is 11.5 Å². The number of non-ortho nitro benzene ring substituents is 1. The number of sulfonamides is 1. The molecule has 0 saturated heterocycles. The summed E-state index contributed by atoms with van der Waals surface area (Å²) in [6.07, 6.45) is 1.27. The smallest absolute Gasteiger partial charge is 0.276 e. The maximum absolute atomic E-state index is 12.2. The molecule has 0 aliphatic carbocycles. The standard InChI is InChI=1S/C18H21N3O6S/c1-4-26-18-10-14(8-9-17(18)27-13(2)3)12-19-20-28(24,25)16-7-5-6-15(11-16)21(22)23/h5-13,20H,4H2,1-3H3/b19-12+. The fraction of sp³-hybridized carbons (Fsp3) is 0.278. The average Bonchev–Trinajstić information content (AvgIpc) is 2.63. The number of ether oxygens (including phenoxy) is 2. The van der Waals surface area contributed by atoms with Crippen LogP contribution in [0.4, 0.5) is 5.69 Å². The minimum absolute atomic E-state index is 0.0274. The van der Waals surface area contributed by atoms with Crippen LogP contribution in [0, 0.1) is 10.1 Å². The molecular formula is C18H21N3O6S. The van der Waals surface area contributed by atoms with Gasteiger partial charge < -0.3 is 9.47 Å². The van der Waals surface area contributed by atoms with Crippen molar-refractivity contribution in [3.05, 3.63) is 58.1 Å². The van der Waals surface area contributed by atoms with Gasteiger partial charge in [-0.3, -0.25) is 10.1 Å². The summed E-state index contributed by atoms with van der Waals surface area (Å²) in [7, 11) is -4.04. The van der Waals surface area contributed by atoms with Gasteiger partial charge in [0.25, 0.3) is 15.7 Å². The van der Waals surface area contributed by atoms with Gasteiger partial charge in [0.15, 0.2) is 11.5 Å². The predicted octanol–water partition coefficient (Wildman–Crippen LogP) is 3.09. The van der Waals surface area contributed by atoms with Crippen molar-refractivity contribution in [2.75, 3.05) is 6.61 Å². The Morgan fingerprint density at radius 2 is 1.96 bits per heavy atom. The van der Waals surface area contributed by atoms with Crippen molar-refractivity contribution < 1.29 is 22.8 Å². The van der Waals surface area contributed by atoms with Gasteiger partial charge in [-0.1, -0.05) is 6.07 Å². The van der Waals surface area contributed by atoms with Crippen LogP contribution in [0.15, 0.2) is 52.5 Å². The van der Waals surface area contributed by atoms with Crippen molar-refractivity contribution in [3.8, 4) is 11.5 Å². The highest BCUT2D eigenvalue weighted by molar-refractivity contribution is 7.89. The van der Waals surface area contributed by atoms with Gasteiger partial charge in [0.1, 0.15) is 0 Å². The molecule has 2 rings (SSSR count). The van der Waals surface area contributed by atoms with Gasteiger partial charge in [0.05, 0.1) is 28.7 Å². The van der Waals surface area contributed by atoms with Crippen LogP contribution in [-0.4, -0.2) is 32.3 Å². The number of hydrogen-bond acceptors (Lipinski definition) is 7. The third kappa shape index (κ3) is 5.68. The summed E-state index contributed by atoms with van der Waals surface area (Å²) in [5, 5.41) is 14.5. The van der Waals surface area contributed by atoms with E-state index in [0.29, 0.717) is 23.7 Å². The van der Waals surface area contributed by atoms with E-state index in [1.165, 1.54) is 24.4 Å². The molecule has 0 atom stereocenters. The van der Waals surface area contributed by atoms with Crippen LogP contribution in [0.1, 0.15) is 26.3 Å². The molecule has 0 bridgehead atoms. The number of hydrogen-bond donors (Lipinski definition) is 1. The predicted molar refractivity (Wildman–Crippen MR) is 104 cm³/mol. The summed E-state index contributed by atoms with van der Waals surface area (Å²) in [5.74, 6) is 1.09. The molecule has 0 unspecified atom stereocenters. The van der Waals surface area contributed by atoms with Gasteiger partial charge >= 0.3 is 0 Å². The van der Waals surface area contributed by atoms with E-state index in [-0.39, 0.29) is 16.7 Å². The molecular weight excluding hydrogens is 386 g/mol. The van der Waals surface area contributed by atoms with E-state index in [2.05, 4.69) is 5.10 Å². The lowest BCUT2D eigenvalue weighted by Gasteiger charge is -2.14. The van der Waals surface area contributed by atoms with E-state index >= 15 is 0 Å². The van der Waals surface area contributed by atoms with Crippen molar-refractivity contribution >= 4 is 21.9 Å². The lowest BCUT2D eigenvalue weighted by molar-refractivity contribution is -0.385. The molecule has 9 nitrogen and oxygen atoms in total. The second kappa shape index (κ2) is 9.18. The topological polar surface area (TPSA) is 120 Å². The molecule has 2 aromatic rings. The maximum atomic E-state index is 12.2. The van der Waals surface area contributed by atoms with Gasteiger partial charge in [-0.2, -0.15) is 13.5 Å². The zero-order valence-electron chi connectivity index (χ0n) is 15.7. The zero-order valence-corrected chi connectivity index (χ0v) is 16.5. The highest BCUT2D eigenvalue weighted by Crippen LogP contribution is 2.29. The van der Waals surface area contributed by atoms with E-state index in [9.17, 15) is 18.5 Å². The minimum atomic E-state index is -4.04. The summed E-state index contributed by atoms with van der Waals surface area (Å²) in [4.78, 5) is 11.9. The first-order chi connectivity index (χ1) is 13.2. The SMILES string of the molecule is CCOc1cc(/C=N/NS(=O)(=O)c2cccc([N+](=O)[O-])c2)ccc1OC(C)C. The second-order valence-corrected chi connectivity index (χ2v) is 7.57. The average molecular weight is 407 g/mol. The van der Waals surface area contributed by atoms with Crippen molar-refractivity contribution in [1.82, 2.24) is 4.83 Å². The summed E-state index contributed by atoms with van der Waals surface area (Å²) in [6, 6.07) is 9.79. The van der Waals surface area contributed by atoms with Crippen LogP contribution in [-0.2, 0) is 10.0 Å². The van der Waals surface area contributed by atoms with Crippen LogP contribution < -0.4 is 14.3 Å². The Bertz CT molecular complexity index is 973. The quantitative estimate of drug-likeness (QED) is 0.387. The number of benzene rings is 2. The van der Waals surface area contributed by atoms with E-state index < -0.39 is 14.9 Å². The first-order valence-corrected chi connectivity index (χ1v) is 9.94. The number of nitrogens with zero attached hydrogens (tertiary/aromatic N) is 2. The zero-order chi connectivity index (χ0) is 20.7. The Morgan fingerprint density at radius 1 is 1.21 bits per heavy atom. The van der Waals surface area contributed by atoms with Gasteiger partial charge in [0.2, 0.25) is 0 Å². The van der Waals surface area contributed by atoms with Crippen molar-refractivity contribution in [1.29, 1.82) is 0 Å². The lowest BCUT2D eigenvalue weighted by Crippen LogP contribution is -2.18. The minimum Gasteiger partial charge on any atom is -0.490 e. The number of nitro groups is 1. The van der Waals surface area contributed by atoms with Gasteiger partial charge in [-0.15, -0.1) is 0 Å². The molecule has 0 aromatic heterocycles. The number of hydrazone groups is 1. The Balaban J connectivity index is 2.18. The summed E-state index contributed by atoms with van der Waals surface area (Å²) in [6.45, 7) is 6.07. The molecule has 1 N–H and O–H groups in total. The third-order valence-electron chi connectivity index (χ3n) is 3.36. The first-order valence-electron chi connectivity index (χ1n) is 8.45. The lowest BCUT2D eigenvalue weighted by atomic mass is 10.2. The van der Waals surface area contributed by atoms with E-state index in [4.69, 9.17) is 9.47 Å². The molecule has 0 amide bonds. The molecule has 0 spiro atoms. The van der Waals surface area contributed by atoms with E-state index in [0.717, 1.165) is 6.07 Å². The normalized spacial score (nSPS) is 11.6. The first kappa shape index (κ1) is 21.2. The fourth-order valence-electron chi connectivity index (χ4n) is 2.21. The molecule has 0 heterocycles. The number of rotatable bonds is 9. The van der Waals surface area contributed by atoms with Gasteiger partial charge in [-0.25, -0.2) is 4.83 Å². The monoisotopic (exact) mass is 407 g/mol. The van der Waals surface area contributed by atoms with E-state index in [1.807, 2.05) is 25.6 Å². The second-order valence-electron chi connectivity index (χ2n) is 5.91. The Hall–Kier alpha value is -3.14. The molecule has 10 heteroatoms. The highest BCUT2D eigenvalue weighted by Gasteiger charge is 2.16. The van der Waals surface area contributed by atoms with Crippen molar-refractivity contribution in [3.63, 3.8) is 0 Å². The molecule has 0 radical (unpaired) electrons. The number of nitro benzene ring substituents is 1. The largest absolute Gasteiger partial charge is 0.490 e. The van der Waals surface area contributed by atoms with Crippen LogP contribution in [0.2, 0.25) is 0 Å². The summed E-state index contributed by atoms with van der Waals surface area (Å²) >= 11 is 0. The molecule has 0 aliphatic heterocycles. The van der Waals surface area contributed by atoms with Crippen LogP contribution in [0.25, 0.3) is 0 Å². The molecule has 0 aliphatic rings. The molecule has 28 heavy (non-hydrogen) atoms. The molecule has 0 fully saturated rings. The molecule has 2 aromatic carbocycles. The summed E-state index contributed by atoms with van der Waals surface area (Å²) < 4.78 is 35.7.